The van der Waals surface area contributed by atoms with Gasteiger partial charge in [-0.1, -0.05) is 6.92 Å². The Bertz CT molecular complexity index is 766. The molecule has 1 N–H and O–H groups in total. The van der Waals surface area contributed by atoms with Crippen molar-refractivity contribution in [1.29, 1.82) is 0 Å². The van der Waals surface area contributed by atoms with Gasteiger partial charge in [-0.05, 0) is 68.0 Å². The Labute approximate surface area is 161 Å². The topological polar surface area (TPSA) is 48.5 Å². The van der Waals surface area contributed by atoms with E-state index in [0.717, 1.165) is 37.6 Å². The molecule has 0 radical (unpaired) electrons. The summed E-state index contributed by atoms with van der Waals surface area (Å²) in [5.41, 5.74) is 3.59. The number of piperidine rings is 1. The van der Waals surface area contributed by atoms with Crippen LogP contribution < -0.4 is 15.1 Å². The number of nitrogens with one attached hydrogen (secondary N) is 1. The second-order valence-corrected chi connectivity index (χ2v) is 7.79. The Morgan fingerprint density at radius 3 is 2.33 bits per heavy atom. The molecule has 5 heteroatoms. The Balaban J connectivity index is 1.37. The lowest BCUT2D eigenvalue weighted by atomic mass is 10.00. The van der Waals surface area contributed by atoms with Gasteiger partial charge in [0.25, 0.3) is 5.91 Å². The van der Waals surface area contributed by atoms with Crippen molar-refractivity contribution in [3.05, 3.63) is 48.3 Å². The fourth-order valence-electron chi connectivity index (χ4n) is 4.06. The molecule has 0 saturated carbocycles. The predicted molar refractivity (Wildman–Crippen MR) is 111 cm³/mol. The number of benzene rings is 1. The number of rotatable bonds is 4. The van der Waals surface area contributed by atoms with E-state index in [2.05, 4.69) is 39.2 Å². The van der Waals surface area contributed by atoms with Crippen LogP contribution in [0.4, 0.5) is 17.1 Å². The van der Waals surface area contributed by atoms with Crippen molar-refractivity contribution in [2.75, 3.05) is 41.3 Å². The van der Waals surface area contributed by atoms with Crippen LogP contribution in [0.2, 0.25) is 0 Å². The summed E-state index contributed by atoms with van der Waals surface area (Å²) >= 11 is 0. The molecule has 142 valence electrons. The minimum Gasteiger partial charge on any atom is -0.372 e. The van der Waals surface area contributed by atoms with E-state index in [4.69, 9.17) is 0 Å². The smallest absolute Gasteiger partial charge is 0.274 e. The van der Waals surface area contributed by atoms with Crippen LogP contribution in [0.3, 0.4) is 0 Å². The summed E-state index contributed by atoms with van der Waals surface area (Å²) < 4.78 is 0. The zero-order chi connectivity index (χ0) is 18.6. The molecule has 1 aromatic heterocycles. The Kier molecular flexibility index (Phi) is 5.28. The number of anilines is 3. The number of carbonyl (C=O) groups is 1. The number of carbonyl (C=O) groups excluding carboxylic acids is 1. The van der Waals surface area contributed by atoms with Crippen molar-refractivity contribution < 1.29 is 4.79 Å². The Morgan fingerprint density at radius 2 is 1.67 bits per heavy atom. The van der Waals surface area contributed by atoms with E-state index in [9.17, 15) is 4.79 Å². The summed E-state index contributed by atoms with van der Waals surface area (Å²) in [6.07, 6.45) is 6.86. The summed E-state index contributed by atoms with van der Waals surface area (Å²) in [5.74, 6) is 0.549. The van der Waals surface area contributed by atoms with Crippen LogP contribution in [0.1, 0.15) is 43.1 Å². The number of pyridine rings is 1. The summed E-state index contributed by atoms with van der Waals surface area (Å²) in [6.45, 7) is 6.67. The minimum atomic E-state index is -0.164. The van der Waals surface area contributed by atoms with Gasteiger partial charge >= 0.3 is 0 Å². The molecule has 0 spiro atoms. The maximum atomic E-state index is 12.5. The van der Waals surface area contributed by atoms with Crippen LogP contribution in [0.15, 0.2) is 42.6 Å². The second kappa shape index (κ2) is 7.99. The predicted octanol–water partition coefficient (Wildman–Crippen LogP) is 4.17. The van der Waals surface area contributed by atoms with Crippen molar-refractivity contribution in [2.45, 2.75) is 32.6 Å². The second-order valence-electron chi connectivity index (χ2n) is 7.79. The molecule has 2 aliphatic rings. The van der Waals surface area contributed by atoms with E-state index < -0.39 is 0 Å². The average molecular weight is 364 g/mol. The molecule has 4 rings (SSSR count). The van der Waals surface area contributed by atoms with Crippen LogP contribution in [-0.2, 0) is 0 Å². The van der Waals surface area contributed by atoms with Gasteiger partial charge in [0.2, 0.25) is 0 Å². The number of hydrogen-bond acceptors (Lipinski definition) is 4. The molecule has 27 heavy (non-hydrogen) atoms. The quantitative estimate of drug-likeness (QED) is 0.884. The Morgan fingerprint density at radius 1 is 0.963 bits per heavy atom. The van der Waals surface area contributed by atoms with Gasteiger partial charge in [-0.25, -0.2) is 4.98 Å². The van der Waals surface area contributed by atoms with Crippen molar-refractivity contribution in [2.24, 2.45) is 5.92 Å². The van der Waals surface area contributed by atoms with E-state index in [0.29, 0.717) is 11.6 Å². The highest BCUT2D eigenvalue weighted by molar-refractivity contribution is 6.03. The number of amides is 1. The summed E-state index contributed by atoms with van der Waals surface area (Å²) in [7, 11) is 0. The molecule has 1 aromatic carbocycles. The molecule has 2 aromatic rings. The molecule has 3 heterocycles. The largest absolute Gasteiger partial charge is 0.372 e. The van der Waals surface area contributed by atoms with Gasteiger partial charge in [-0.15, -0.1) is 0 Å². The molecule has 5 nitrogen and oxygen atoms in total. The first-order valence-corrected chi connectivity index (χ1v) is 10.1. The first-order valence-electron chi connectivity index (χ1n) is 10.1. The van der Waals surface area contributed by atoms with E-state index in [1.165, 1.54) is 31.4 Å². The van der Waals surface area contributed by atoms with Gasteiger partial charge in [0, 0.05) is 37.6 Å². The maximum Gasteiger partial charge on any atom is 0.274 e. The molecular weight excluding hydrogens is 336 g/mol. The molecule has 1 unspecified atom stereocenters. The van der Waals surface area contributed by atoms with E-state index in [1.807, 2.05) is 30.5 Å². The van der Waals surface area contributed by atoms with Gasteiger partial charge < -0.3 is 15.1 Å². The van der Waals surface area contributed by atoms with Crippen LogP contribution in [0.25, 0.3) is 0 Å². The molecule has 1 atom stereocenters. The highest BCUT2D eigenvalue weighted by Crippen LogP contribution is 2.24. The van der Waals surface area contributed by atoms with Crippen molar-refractivity contribution in [3.8, 4) is 0 Å². The molecule has 2 saturated heterocycles. The average Bonchev–Trinajstić information content (AvgIpc) is 3.23. The third-order valence-electron chi connectivity index (χ3n) is 5.60. The molecular formula is C22H28N4O. The lowest BCUT2D eigenvalue weighted by Crippen LogP contribution is -2.34. The third-order valence-corrected chi connectivity index (χ3v) is 5.60. The first kappa shape index (κ1) is 17.8. The van der Waals surface area contributed by atoms with Crippen LogP contribution in [0.5, 0.6) is 0 Å². The highest BCUT2D eigenvalue weighted by Gasteiger charge is 2.17. The summed E-state index contributed by atoms with van der Waals surface area (Å²) in [6, 6.07) is 11.9. The van der Waals surface area contributed by atoms with Crippen molar-refractivity contribution >= 4 is 23.0 Å². The molecule has 0 aliphatic carbocycles. The molecule has 2 fully saturated rings. The van der Waals surface area contributed by atoms with Gasteiger partial charge in [0.15, 0.2) is 0 Å². The van der Waals surface area contributed by atoms with Gasteiger partial charge in [-0.3, -0.25) is 4.79 Å². The molecule has 2 aliphatic heterocycles. The lowest BCUT2D eigenvalue weighted by molar-refractivity contribution is 0.102. The SMILES string of the molecule is CC1CCCN(c2ccc(C(=O)Nc3ccc(N4CCCC4)cc3)nc2)C1. The van der Waals surface area contributed by atoms with Gasteiger partial charge in [0.1, 0.15) is 5.69 Å². The standard InChI is InChI=1S/C22H28N4O/c1-17-5-4-14-26(16-17)20-10-11-21(23-15-20)22(27)24-18-6-8-19(9-7-18)25-12-2-3-13-25/h6-11,15,17H,2-5,12-14,16H2,1H3,(H,24,27). The van der Waals surface area contributed by atoms with Crippen molar-refractivity contribution in [3.63, 3.8) is 0 Å². The monoisotopic (exact) mass is 364 g/mol. The van der Waals surface area contributed by atoms with Crippen LogP contribution in [-0.4, -0.2) is 37.1 Å². The molecule has 0 bridgehead atoms. The first-order chi connectivity index (χ1) is 13.2. The summed E-state index contributed by atoms with van der Waals surface area (Å²) in [5, 5.41) is 2.95. The third kappa shape index (κ3) is 4.24. The zero-order valence-corrected chi connectivity index (χ0v) is 16.0. The van der Waals surface area contributed by atoms with Gasteiger partial charge in [-0.2, -0.15) is 0 Å². The minimum absolute atomic E-state index is 0.164. The fourth-order valence-corrected chi connectivity index (χ4v) is 4.06. The van der Waals surface area contributed by atoms with E-state index >= 15 is 0 Å². The molecule has 1 amide bonds. The van der Waals surface area contributed by atoms with Crippen LogP contribution in [0, 0.1) is 5.92 Å². The Hall–Kier alpha value is -2.56. The number of nitrogens with zero attached hydrogens (tertiary/aromatic N) is 3. The normalized spacial score (nSPS) is 20.0. The zero-order valence-electron chi connectivity index (χ0n) is 16.0. The van der Waals surface area contributed by atoms with E-state index in [1.54, 1.807) is 0 Å². The highest BCUT2D eigenvalue weighted by atomic mass is 16.1. The van der Waals surface area contributed by atoms with Gasteiger partial charge in [0.05, 0.1) is 11.9 Å². The number of aromatic nitrogens is 1. The van der Waals surface area contributed by atoms with E-state index in [-0.39, 0.29) is 5.91 Å². The summed E-state index contributed by atoms with van der Waals surface area (Å²) in [4.78, 5) is 21.6. The maximum absolute atomic E-state index is 12.5. The fraction of sp³-hybridized carbons (Fsp3) is 0.455. The number of hydrogen-bond donors (Lipinski definition) is 1. The van der Waals surface area contributed by atoms with Crippen molar-refractivity contribution in [1.82, 2.24) is 4.98 Å². The lowest BCUT2D eigenvalue weighted by Gasteiger charge is -2.32. The van der Waals surface area contributed by atoms with Crippen LogP contribution >= 0.6 is 0 Å².